The Morgan fingerprint density at radius 3 is 1.33 bits per heavy atom. The van der Waals surface area contributed by atoms with Gasteiger partial charge in [0, 0.05) is 12.8 Å². The van der Waals surface area contributed by atoms with Gasteiger partial charge >= 0.3 is 36.0 Å². The van der Waals surface area contributed by atoms with Gasteiger partial charge in [-0.05, 0) is 53.5 Å². The molecule has 21 nitrogen and oxygen atoms in total. The normalized spacial score (nSPS) is 35.3. The number of ketones is 4. The van der Waals surface area contributed by atoms with Crippen LogP contribution in [0.3, 0.4) is 0 Å². The number of ether oxygens (including phenoxy) is 3. The number of carbonyl (C=O) groups is 5. The molecule has 3 aliphatic rings. The molecule has 3 rings (SSSR count). The van der Waals surface area contributed by atoms with Crippen LogP contribution in [0.5, 0.6) is 0 Å². The number of hydrogen-bond acceptors (Lipinski definition) is 21. The van der Waals surface area contributed by atoms with Crippen LogP contribution in [0, 0.1) is 0 Å². The molecule has 0 bridgehead atoms. The van der Waals surface area contributed by atoms with Gasteiger partial charge in [0.05, 0.1) is 36.9 Å². The minimum Gasteiger partial charge on any atom is -1.00 e. The van der Waals surface area contributed by atoms with Crippen molar-refractivity contribution in [1.29, 1.82) is 0 Å². The van der Waals surface area contributed by atoms with E-state index in [9.17, 15) is 49.8 Å². The van der Waals surface area contributed by atoms with Crippen LogP contribution >= 0.6 is 0 Å². The largest absolute Gasteiger partial charge is 1.00 e. The molecular formula is C30H55NaO21. The van der Waals surface area contributed by atoms with E-state index in [1.807, 2.05) is 0 Å². The van der Waals surface area contributed by atoms with E-state index in [2.05, 4.69) is 14.7 Å². The number of hydrogen-bond donors (Lipinski definition) is 11. The summed E-state index contributed by atoms with van der Waals surface area (Å²) in [5.74, 6) is -0.364. The molecule has 0 aromatic heterocycles. The minimum atomic E-state index is -1.43. The maximum Gasteiger partial charge on any atom is 1.00 e. The average Bonchev–Trinajstić information content (AvgIpc) is 3.30. The zero-order valence-electron chi connectivity index (χ0n) is 31.4. The van der Waals surface area contributed by atoms with Gasteiger partial charge in [-0.2, -0.15) is 0 Å². The maximum absolute atomic E-state index is 10.8. The van der Waals surface area contributed by atoms with Crippen LogP contribution in [0.15, 0.2) is 0 Å². The summed E-state index contributed by atoms with van der Waals surface area (Å²) in [5.41, 5.74) is 0. The van der Waals surface area contributed by atoms with Gasteiger partial charge in [0.25, 0.3) is 0 Å². The molecule has 0 saturated carbocycles. The van der Waals surface area contributed by atoms with Crippen molar-refractivity contribution in [2.45, 2.75) is 159 Å². The van der Waals surface area contributed by atoms with Crippen LogP contribution in [0.1, 0.15) is 69.2 Å². The summed E-state index contributed by atoms with van der Waals surface area (Å²) >= 11 is 0. The minimum absolute atomic E-state index is 0. The number of Topliss-reactive ketones (excluding diaryl/α,β-unsaturated/α-hetero) is 4. The molecule has 3 aliphatic heterocycles. The Hall–Kier alpha value is -1.45. The van der Waals surface area contributed by atoms with E-state index in [0.29, 0.717) is 0 Å². The molecule has 0 spiro atoms. The van der Waals surface area contributed by atoms with Gasteiger partial charge < -0.3 is 66.7 Å². The van der Waals surface area contributed by atoms with Crippen LogP contribution in [-0.2, 0) is 48.1 Å². The molecule has 0 radical (unpaired) electrons. The van der Waals surface area contributed by atoms with Crippen molar-refractivity contribution in [2.24, 2.45) is 0 Å². The third-order valence-electron chi connectivity index (χ3n) is 7.21. The predicted molar refractivity (Wildman–Crippen MR) is 168 cm³/mol. The molecule has 3 saturated heterocycles. The van der Waals surface area contributed by atoms with Crippen molar-refractivity contribution >= 4 is 29.6 Å². The molecule has 15 atom stereocenters. The molecule has 0 aliphatic carbocycles. The molecular weight excluding hydrogens is 719 g/mol. The second-order valence-corrected chi connectivity index (χ2v) is 12.1. The van der Waals surface area contributed by atoms with Crippen molar-refractivity contribution in [2.75, 3.05) is 0 Å². The Morgan fingerprint density at radius 1 is 0.635 bits per heavy atom. The van der Waals surface area contributed by atoms with E-state index >= 15 is 0 Å². The Labute approximate surface area is 323 Å². The quantitative estimate of drug-likeness (QED) is 0.0341. The van der Waals surface area contributed by atoms with Crippen molar-refractivity contribution < 1.29 is 135 Å². The molecule has 302 valence electrons. The molecule has 2 unspecified atom stereocenters. The number of rotatable bonds is 9. The van der Waals surface area contributed by atoms with Gasteiger partial charge in [-0.3, -0.25) is 28.9 Å². The fourth-order valence-corrected chi connectivity index (χ4v) is 4.61. The molecule has 3 heterocycles. The van der Waals surface area contributed by atoms with E-state index in [4.69, 9.17) is 40.0 Å². The van der Waals surface area contributed by atoms with Gasteiger partial charge in [0.1, 0.15) is 78.1 Å². The van der Waals surface area contributed by atoms with E-state index in [-0.39, 0.29) is 79.9 Å². The van der Waals surface area contributed by atoms with Crippen LogP contribution in [0.2, 0.25) is 0 Å². The average molecular weight is 775 g/mol. The Balaban J connectivity index is -0.000000292. The second-order valence-electron chi connectivity index (χ2n) is 12.1. The summed E-state index contributed by atoms with van der Waals surface area (Å²) < 4.78 is 15.1. The first kappa shape index (κ1) is 54.9. The van der Waals surface area contributed by atoms with Crippen molar-refractivity contribution in [3.05, 3.63) is 0 Å². The summed E-state index contributed by atoms with van der Waals surface area (Å²) in [6.07, 6.45) is -15.3. The first-order valence-corrected chi connectivity index (χ1v) is 15.6. The topological polar surface area (TPSA) is 354 Å². The molecule has 11 N–H and O–H groups in total. The fraction of sp³-hybridized carbons (Fsp3) is 0.833. The SMILES string of the molecule is CC(=O)CC(C)=O.CC(=O)C[C@@H]1OC([C@H](C)O)[C@H](O)[C@H]1O.CC(=O)C[C@@H]1O[C@@H](C)[C@@H](O)[C@H](O)[C@H]1O.C[C@@H]1OC(O)[C@@H](O)[C@H](O)[C@@H]1O.O=COOO.[H-].[Na+]. The van der Waals surface area contributed by atoms with E-state index in [1.165, 1.54) is 41.5 Å². The molecule has 52 heavy (non-hydrogen) atoms. The number of aliphatic hydroxyl groups is 10. The van der Waals surface area contributed by atoms with Crippen LogP contribution in [0.4, 0.5) is 0 Å². The summed E-state index contributed by atoms with van der Waals surface area (Å²) in [4.78, 5) is 53.8. The van der Waals surface area contributed by atoms with Gasteiger partial charge in [-0.15, -0.1) is 0 Å². The van der Waals surface area contributed by atoms with E-state index < -0.39 is 91.7 Å². The van der Waals surface area contributed by atoms with E-state index in [1.54, 1.807) is 6.92 Å². The summed E-state index contributed by atoms with van der Waals surface area (Å²) in [7, 11) is 0. The fourth-order valence-electron chi connectivity index (χ4n) is 4.61. The Kier molecular flexibility index (Phi) is 29.6. The summed E-state index contributed by atoms with van der Waals surface area (Å²) in [5, 5.41) is 102. The molecule has 0 aromatic carbocycles. The molecule has 0 aromatic rings. The van der Waals surface area contributed by atoms with Gasteiger partial charge in [0.15, 0.2) is 6.29 Å². The smallest absolute Gasteiger partial charge is 1.00 e. The maximum atomic E-state index is 10.8. The van der Waals surface area contributed by atoms with Crippen molar-refractivity contribution in [1.82, 2.24) is 0 Å². The van der Waals surface area contributed by atoms with E-state index in [0.717, 1.165) is 0 Å². The summed E-state index contributed by atoms with van der Waals surface area (Å²) in [6, 6.07) is 0. The van der Waals surface area contributed by atoms with Gasteiger partial charge in [-0.1, -0.05) is 0 Å². The zero-order chi connectivity index (χ0) is 40.3. The second kappa shape index (κ2) is 28.0. The predicted octanol–water partition coefficient (Wildman–Crippen LogP) is -7.29. The number of carbonyl (C=O) groups excluding carboxylic acids is 5. The molecule has 3 fully saturated rings. The number of aliphatic hydroxyl groups excluding tert-OH is 10. The summed E-state index contributed by atoms with van der Waals surface area (Å²) in [6.45, 7) is 10.1. The first-order valence-electron chi connectivity index (χ1n) is 15.6. The van der Waals surface area contributed by atoms with Crippen molar-refractivity contribution in [3.63, 3.8) is 0 Å². The Bertz CT molecular complexity index is 1030. The third kappa shape index (κ3) is 20.9. The van der Waals surface area contributed by atoms with Crippen LogP contribution in [-0.4, -0.2) is 178 Å². The van der Waals surface area contributed by atoms with Crippen LogP contribution in [0.25, 0.3) is 0 Å². The Morgan fingerprint density at radius 2 is 1.02 bits per heavy atom. The zero-order valence-corrected chi connectivity index (χ0v) is 32.4. The van der Waals surface area contributed by atoms with Gasteiger partial charge in [-0.25, -0.2) is 5.26 Å². The van der Waals surface area contributed by atoms with Crippen LogP contribution < -0.4 is 29.6 Å². The third-order valence-corrected chi connectivity index (χ3v) is 7.21. The molecule has 0 amide bonds. The van der Waals surface area contributed by atoms with Crippen molar-refractivity contribution in [3.8, 4) is 0 Å². The molecule has 22 heteroatoms. The standard InChI is InChI=1S/2C9H16O5.C6H12O5.C5H8O2.CH2O4.Na.H/c1-4(10)3-6-7(12)8(13)9(14-6)5(2)11;1-4(10)3-6-8(12)9(13)7(11)5(2)14-6;1-2-3(7)4(8)5(9)6(10)11-2;1-4(6)3-5(2)7;2-1-4-5-3;;/h2*5-9,11-13H,3H2,1-2H3;2-10H,1H3;3H2,1-2H3;1,3H;;/q;;;;;+1;-1/t5-,6-,7-,8+,9?;5-,6-,7+,8-,9-;2-,3+,4+,5-,6?;;;;/m000..../s1. The van der Waals surface area contributed by atoms with Gasteiger partial charge in [0.2, 0.25) is 0 Å². The first-order chi connectivity index (χ1) is 23.4. The monoisotopic (exact) mass is 774 g/mol.